The van der Waals surface area contributed by atoms with Gasteiger partial charge in [0, 0.05) is 12.3 Å². The second-order valence-electron chi connectivity index (χ2n) is 7.29. The molecule has 0 aliphatic carbocycles. The van der Waals surface area contributed by atoms with Gasteiger partial charge in [0.05, 0.1) is 5.57 Å². The summed E-state index contributed by atoms with van der Waals surface area (Å²) in [6, 6.07) is 19.7. The largest absolute Gasteiger partial charge is 0.507 e. The molecule has 2 aromatic carbocycles. The average Bonchev–Trinajstić information content (AvgIpc) is 2.88. The van der Waals surface area contributed by atoms with Gasteiger partial charge in [-0.15, -0.1) is 0 Å². The lowest BCUT2D eigenvalue weighted by Gasteiger charge is -2.27. The van der Waals surface area contributed by atoms with Gasteiger partial charge >= 0.3 is 5.97 Å². The average molecular weight is 350 g/mol. The van der Waals surface area contributed by atoms with E-state index in [-0.39, 0.29) is 17.6 Å². The predicted molar refractivity (Wildman–Crippen MR) is 103 cm³/mol. The maximum Gasteiger partial charge on any atom is 0.339 e. The van der Waals surface area contributed by atoms with Crippen LogP contribution in [0.3, 0.4) is 0 Å². The Morgan fingerprint density at radius 2 is 1.58 bits per heavy atom. The molecule has 3 heteroatoms. The van der Waals surface area contributed by atoms with Gasteiger partial charge in [-0.1, -0.05) is 81.4 Å². The van der Waals surface area contributed by atoms with Crippen molar-refractivity contribution in [3.63, 3.8) is 0 Å². The van der Waals surface area contributed by atoms with Gasteiger partial charge in [0.15, 0.2) is 5.60 Å². The smallest absolute Gasteiger partial charge is 0.339 e. The number of esters is 1. The molecule has 0 saturated carbocycles. The molecule has 136 valence electrons. The van der Waals surface area contributed by atoms with Crippen LogP contribution < -0.4 is 0 Å². The Labute approximate surface area is 155 Å². The third-order valence-electron chi connectivity index (χ3n) is 5.23. The van der Waals surface area contributed by atoms with Gasteiger partial charge in [0.25, 0.3) is 0 Å². The van der Waals surface area contributed by atoms with E-state index in [0.29, 0.717) is 18.4 Å². The number of rotatable bonds is 6. The van der Waals surface area contributed by atoms with Crippen LogP contribution in [0, 0.1) is 5.92 Å². The monoisotopic (exact) mass is 350 g/mol. The lowest BCUT2D eigenvalue weighted by molar-refractivity contribution is -0.148. The second-order valence-corrected chi connectivity index (χ2v) is 7.29. The van der Waals surface area contributed by atoms with E-state index < -0.39 is 11.6 Å². The molecule has 0 aromatic heterocycles. The summed E-state index contributed by atoms with van der Waals surface area (Å²) in [6.07, 6.45) is 1.01. The van der Waals surface area contributed by atoms with Crippen LogP contribution in [-0.4, -0.2) is 16.7 Å². The minimum atomic E-state index is -0.976. The summed E-state index contributed by atoms with van der Waals surface area (Å²) in [5.74, 6) is -0.335. The second kappa shape index (κ2) is 7.36. The number of hydrogen-bond donors (Lipinski definition) is 1. The van der Waals surface area contributed by atoms with Gasteiger partial charge in [-0.3, -0.25) is 0 Å². The summed E-state index contributed by atoms with van der Waals surface area (Å²) >= 11 is 0. The van der Waals surface area contributed by atoms with E-state index in [1.165, 1.54) is 0 Å². The molecule has 0 amide bonds. The fourth-order valence-electron chi connectivity index (χ4n) is 3.85. The number of aliphatic hydroxyl groups is 1. The molecule has 1 heterocycles. The van der Waals surface area contributed by atoms with Crippen molar-refractivity contribution >= 4 is 5.97 Å². The lowest BCUT2D eigenvalue weighted by atomic mass is 9.79. The highest BCUT2D eigenvalue weighted by molar-refractivity contribution is 5.94. The Bertz CT molecular complexity index is 793. The molecule has 2 atom stereocenters. The highest BCUT2D eigenvalue weighted by atomic mass is 16.6. The van der Waals surface area contributed by atoms with Gasteiger partial charge in [0.2, 0.25) is 0 Å². The first kappa shape index (κ1) is 18.2. The van der Waals surface area contributed by atoms with Crippen molar-refractivity contribution in [2.75, 3.05) is 0 Å². The summed E-state index contributed by atoms with van der Waals surface area (Å²) in [5, 5.41) is 11.1. The molecule has 0 fully saturated rings. The minimum Gasteiger partial charge on any atom is -0.507 e. The minimum absolute atomic E-state index is 0.0939. The normalized spacial score (nSPS) is 21.2. The predicted octanol–water partition coefficient (Wildman–Crippen LogP) is 5.19. The first-order valence-corrected chi connectivity index (χ1v) is 9.24. The maximum atomic E-state index is 12.8. The Kier molecular flexibility index (Phi) is 5.17. The van der Waals surface area contributed by atoms with Crippen molar-refractivity contribution in [3.05, 3.63) is 83.1 Å². The topological polar surface area (TPSA) is 46.5 Å². The van der Waals surface area contributed by atoms with Crippen LogP contribution in [0.25, 0.3) is 0 Å². The van der Waals surface area contributed by atoms with Crippen LogP contribution >= 0.6 is 0 Å². The number of ether oxygens (including phenoxy) is 1. The van der Waals surface area contributed by atoms with Crippen LogP contribution in [0.2, 0.25) is 0 Å². The molecule has 0 spiro atoms. The SMILES string of the molecule is CCC1(Cc2ccccc2)OC(=O)C(C(c2ccccc2)C(C)C)=C1O. The Morgan fingerprint density at radius 3 is 2.12 bits per heavy atom. The van der Waals surface area contributed by atoms with Crippen LogP contribution in [0.15, 0.2) is 72.0 Å². The molecule has 0 radical (unpaired) electrons. The number of hydrogen-bond acceptors (Lipinski definition) is 3. The van der Waals surface area contributed by atoms with Crippen molar-refractivity contribution in [1.82, 2.24) is 0 Å². The summed E-state index contributed by atoms with van der Waals surface area (Å²) in [5.41, 5.74) is 1.49. The summed E-state index contributed by atoms with van der Waals surface area (Å²) in [7, 11) is 0. The zero-order valence-electron chi connectivity index (χ0n) is 15.6. The van der Waals surface area contributed by atoms with Crippen LogP contribution in [0.1, 0.15) is 44.2 Å². The van der Waals surface area contributed by atoms with E-state index in [0.717, 1.165) is 11.1 Å². The maximum absolute atomic E-state index is 12.8. The number of carbonyl (C=O) groups is 1. The van der Waals surface area contributed by atoms with Crippen LogP contribution in [0.4, 0.5) is 0 Å². The molecular weight excluding hydrogens is 324 g/mol. The molecule has 1 aliphatic heterocycles. The van der Waals surface area contributed by atoms with Crippen molar-refractivity contribution in [2.45, 2.75) is 45.1 Å². The standard InChI is InChI=1S/C23H26O3/c1-4-23(15-17-11-7-5-8-12-17)21(24)20(22(25)26-23)19(16(2)3)18-13-9-6-10-14-18/h5-14,16,19,24H,4,15H2,1-3H3. The number of benzene rings is 2. The van der Waals surface area contributed by atoms with E-state index in [1.54, 1.807) is 0 Å². The van der Waals surface area contributed by atoms with E-state index >= 15 is 0 Å². The molecule has 26 heavy (non-hydrogen) atoms. The molecule has 1 N–H and O–H groups in total. The number of aliphatic hydroxyl groups excluding tert-OH is 1. The third kappa shape index (κ3) is 3.26. The van der Waals surface area contributed by atoms with Gasteiger partial charge in [-0.2, -0.15) is 0 Å². The summed E-state index contributed by atoms with van der Waals surface area (Å²) in [4.78, 5) is 12.8. The highest BCUT2D eigenvalue weighted by Gasteiger charge is 2.49. The summed E-state index contributed by atoms with van der Waals surface area (Å²) in [6.45, 7) is 6.07. The van der Waals surface area contributed by atoms with Gasteiger partial charge in [-0.25, -0.2) is 4.79 Å². The first-order valence-electron chi connectivity index (χ1n) is 9.24. The van der Waals surface area contributed by atoms with E-state index in [9.17, 15) is 9.90 Å². The van der Waals surface area contributed by atoms with E-state index in [2.05, 4.69) is 13.8 Å². The fourth-order valence-corrected chi connectivity index (χ4v) is 3.85. The Morgan fingerprint density at radius 1 is 1.00 bits per heavy atom. The highest BCUT2D eigenvalue weighted by Crippen LogP contribution is 2.44. The Hall–Kier alpha value is -2.55. The fraction of sp³-hybridized carbons (Fsp3) is 0.348. The van der Waals surface area contributed by atoms with Gasteiger partial charge < -0.3 is 9.84 Å². The number of cyclic esters (lactones) is 1. The van der Waals surface area contributed by atoms with Crippen LogP contribution in [0.5, 0.6) is 0 Å². The van der Waals surface area contributed by atoms with E-state index in [4.69, 9.17) is 4.74 Å². The molecule has 0 saturated heterocycles. The lowest BCUT2D eigenvalue weighted by Crippen LogP contribution is -2.34. The van der Waals surface area contributed by atoms with Crippen molar-refractivity contribution in [3.8, 4) is 0 Å². The van der Waals surface area contributed by atoms with Crippen molar-refractivity contribution < 1.29 is 14.6 Å². The molecular formula is C23H26O3. The zero-order chi connectivity index (χ0) is 18.7. The first-order chi connectivity index (χ1) is 12.5. The van der Waals surface area contributed by atoms with Gasteiger partial charge in [0.1, 0.15) is 5.76 Å². The van der Waals surface area contributed by atoms with Gasteiger partial charge in [-0.05, 0) is 23.5 Å². The third-order valence-corrected chi connectivity index (χ3v) is 5.23. The van der Waals surface area contributed by atoms with Crippen LogP contribution in [-0.2, 0) is 16.0 Å². The van der Waals surface area contributed by atoms with Crippen molar-refractivity contribution in [1.29, 1.82) is 0 Å². The molecule has 1 aliphatic rings. The molecule has 3 nitrogen and oxygen atoms in total. The quantitative estimate of drug-likeness (QED) is 0.730. The number of carbonyl (C=O) groups excluding carboxylic acids is 1. The molecule has 3 rings (SSSR count). The molecule has 2 unspecified atom stereocenters. The summed E-state index contributed by atoms with van der Waals surface area (Å²) < 4.78 is 5.82. The van der Waals surface area contributed by atoms with Crippen molar-refractivity contribution in [2.24, 2.45) is 5.92 Å². The Balaban J connectivity index is 2.05. The van der Waals surface area contributed by atoms with E-state index in [1.807, 2.05) is 67.6 Å². The molecule has 2 aromatic rings. The molecule has 0 bridgehead atoms. The zero-order valence-corrected chi connectivity index (χ0v) is 15.6.